The number of anilines is 1. The van der Waals surface area contributed by atoms with Gasteiger partial charge in [0, 0.05) is 31.5 Å². The van der Waals surface area contributed by atoms with Gasteiger partial charge in [-0.15, -0.1) is 0 Å². The van der Waals surface area contributed by atoms with Gasteiger partial charge in [0.25, 0.3) is 0 Å². The molecule has 2 N–H and O–H groups in total. The maximum absolute atomic E-state index is 14.4. The number of nitrogens with zero attached hydrogens (tertiary/aromatic N) is 2. The van der Waals surface area contributed by atoms with Crippen molar-refractivity contribution in [1.82, 2.24) is 4.98 Å². The third-order valence-corrected chi connectivity index (χ3v) is 3.88. The predicted octanol–water partition coefficient (Wildman–Crippen LogP) is 3.25. The number of hydrogen-bond acceptors (Lipinski definition) is 3. The quantitative estimate of drug-likeness (QED) is 0.856. The Hall–Kier alpha value is -1.53. The molecule has 0 aliphatic carbocycles. The smallest absolute Gasteiger partial charge is 0.161 e. The SMILES string of the molecule is CN(Cc1cccnc1)c1ccc(C(N)=S)c(Br)c1F. The predicted molar refractivity (Wildman–Crippen MR) is 86.3 cm³/mol. The molecule has 0 amide bonds. The highest BCUT2D eigenvalue weighted by Gasteiger charge is 2.15. The maximum atomic E-state index is 14.4. The lowest BCUT2D eigenvalue weighted by atomic mass is 10.1. The molecular weight excluding hydrogens is 341 g/mol. The van der Waals surface area contributed by atoms with Crippen molar-refractivity contribution in [2.24, 2.45) is 5.73 Å². The molecule has 1 aromatic heterocycles. The van der Waals surface area contributed by atoms with Crippen LogP contribution in [0.5, 0.6) is 0 Å². The number of nitrogens with two attached hydrogens (primary N) is 1. The summed E-state index contributed by atoms with van der Waals surface area (Å²) >= 11 is 8.09. The summed E-state index contributed by atoms with van der Waals surface area (Å²) in [5, 5.41) is 0. The summed E-state index contributed by atoms with van der Waals surface area (Å²) < 4.78 is 14.6. The molecule has 0 unspecified atom stereocenters. The van der Waals surface area contributed by atoms with Crippen LogP contribution in [0.4, 0.5) is 10.1 Å². The van der Waals surface area contributed by atoms with Gasteiger partial charge in [0.2, 0.25) is 0 Å². The summed E-state index contributed by atoms with van der Waals surface area (Å²) in [6.07, 6.45) is 3.46. The molecule has 0 aliphatic rings. The van der Waals surface area contributed by atoms with Gasteiger partial charge in [-0.2, -0.15) is 0 Å². The summed E-state index contributed by atoms with van der Waals surface area (Å²) in [6.45, 7) is 0.559. The topological polar surface area (TPSA) is 42.2 Å². The molecule has 0 saturated heterocycles. The van der Waals surface area contributed by atoms with E-state index in [0.29, 0.717) is 22.3 Å². The van der Waals surface area contributed by atoms with E-state index in [-0.39, 0.29) is 10.8 Å². The molecule has 1 heterocycles. The Balaban J connectivity index is 2.29. The van der Waals surface area contributed by atoms with E-state index in [1.165, 1.54) is 0 Å². The molecule has 2 aromatic rings. The van der Waals surface area contributed by atoms with Gasteiger partial charge in [0.1, 0.15) is 4.99 Å². The average Bonchev–Trinajstić information content (AvgIpc) is 2.42. The van der Waals surface area contributed by atoms with Crippen LogP contribution in [0.25, 0.3) is 0 Å². The van der Waals surface area contributed by atoms with Crippen LogP contribution in [0.3, 0.4) is 0 Å². The van der Waals surface area contributed by atoms with E-state index >= 15 is 0 Å². The maximum Gasteiger partial charge on any atom is 0.161 e. The zero-order chi connectivity index (χ0) is 14.7. The van der Waals surface area contributed by atoms with Crippen LogP contribution in [0.1, 0.15) is 11.1 Å². The third-order valence-electron chi connectivity index (χ3n) is 2.88. The highest BCUT2D eigenvalue weighted by molar-refractivity contribution is 9.10. The van der Waals surface area contributed by atoms with Gasteiger partial charge in [-0.25, -0.2) is 4.39 Å². The Morgan fingerprint density at radius 2 is 2.20 bits per heavy atom. The zero-order valence-corrected chi connectivity index (χ0v) is 13.2. The summed E-state index contributed by atoms with van der Waals surface area (Å²) in [5.41, 5.74) is 7.52. The number of aromatic nitrogens is 1. The second kappa shape index (κ2) is 6.28. The van der Waals surface area contributed by atoms with Crippen molar-refractivity contribution in [3.05, 3.63) is 58.1 Å². The first kappa shape index (κ1) is 14.9. The average molecular weight is 354 g/mol. The molecule has 0 spiro atoms. The number of thiocarbonyl (C=S) groups is 1. The minimum absolute atomic E-state index is 0.164. The van der Waals surface area contributed by atoms with Crippen molar-refractivity contribution in [2.45, 2.75) is 6.54 Å². The molecule has 0 radical (unpaired) electrons. The lowest BCUT2D eigenvalue weighted by Gasteiger charge is -2.21. The van der Waals surface area contributed by atoms with Crippen molar-refractivity contribution in [2.75, 3.05) is 11.9 Å². The molecule has 104 valence electrons. The molecule has 3 nitrogen and oxygen atoms in total. The molecule has 0 fully saturated rings. The molecule has 1 aromatic carbocycles. The van der Waals surface area contributed by atoms with E-state index in [0.717, 1.165) is 5.56 Å². The lowest BCUT2D eigenvalue weighted by Crippen LogP contribution is -2.19. The fourth-order valence-corrected chi connectivity index (χ4v) is 2.73. The Kier molecular flexibility index (Phi) is 4.67. The van der Waals surface area contributed by atoms with Crippen molar-refractivity contribution in [3.8, 4) is 0 Å². The second-order valence-corrected chi connectivity index (χ2v) is 5.57. The van der Waals surface area contributed by atoms with Crippen molar-refractivity contribution in [1.29, 1.82) is 0 Å². The van der Waals surface area contributed by atoms with Gasteiger partial charge < -0.3 is 10.6 Å². The van der Waals surface area contributed by atoms with Gasteiger partial charge in [-0.05, 0) is 39.7 Å². The Labute approximate surface area is 130 Å². The summed E-state index contributed by atoms with van der Waals surface area (Å²) in [6, 6.07) is 7.18. The van der Waals surface area contributed by atoms with Crippen molar-refractivity contribution >= 4 is 38.8 Å². The number of benzene rings is 1. The summed E-state index contributed by atoms with van der Waals surface area (Å²) in [7, 11) is 1.82. The largest absolute Gasteiger partial charge is 0.389 e. The van der Waals surface area contributed by atoms with Crippen LogP contribution in [0.2, 0.25) is 0 Å². The molecule has 0 atom stereocenters. The highest BCUT2D eigenvalue weighted by atomic mass is 79.9. The van der Waals surface area contributed by atoms with Gasteiger partial charge in [0.15, 0.2) is 5.82 Å². The first-order valence-corrected chi connectivity index (χ1v) is 7.08. The molecule has 20 heavy (non-hydrogen) atoms. The Morgan fingerprint density at radius 3 is 2.80 bits per heavy atom. The highest BCUT2D eigenvalue weighted by Crippen LogP contribution is 2.29. The van der Waals surface area contributed by atoms with Crippen molar-refractivity contribution < 1.29 is 4.39 Å². The molecule has 2 rings (SSSR count). The molecule has 0 aliphatic heterocycles. The lowest BCUT2D eigenvalue weighted by molar-refractivity contribution is 0.615. The molecular formula is C14H13BrFN3S. The zero-order valence-electron chi connectivity index (χ0n) is 10.8. The molecule has 6 heteroatoms. The monoisotopic (exact) mass is 353 g/mol. The fraction of sp³-hybridized carbons (Fsp3) is 0.143. The standard InChI is InChI=1S/C14H13BrFN3S/c1-19(8-9-3-2-6-18-7-9)11-5-4-10(14(17)20)12(15)13(11)16/h2-7H,8H2,1H3,(H2,17,20). The van der Waals surface area contributed by atoms with Crippen LogP contribution >= 0.6 is 28.1 Å². The van der Waals surface area contributed by atoms with E-state index in [2.05, 4.69) is 20.9 Å². The minimum atomic E-state index is -0.373. The fourth-order valence-electron chi connectivity index (χ4n) is 1.88. The van der Waals surface area contributed by atoms with Gasteiger partial charge in [-0.3, -0.25) is 4.98 Å². The Morgan fingerprint density at radius 1 is 1.45 bits per heavy atom. The minimum Gasteiger partial charge on any atom is -0.389 e. The van der Waals surface area contributed by atoms with E-state index in [1.807, 2.05) is 19.2 Å². The normalized spacial score (nSPS) is 10.3. The van der Waals surface area contributed by atoms with Gasteiger partial charge >= 0.3 is 0 Å². The van der Waals surface area contributed by atoms with Crippen molar-refractivity contribution in [3.63, 3.8) is 0 Å². The van der Waals surface area contributed by atoms with E-state index in [9.17, 15) is 4.39 Å². The van der Waals surface area contributed by atoms with Crippen LogP contribution < -0.4 is 10.6 Å². The first-order valence-electron chi connectivity index (χ1n) is 5.88. The second-order valence-electron chi connectivity index (χ2n) is 4.34. The van der Waals surface area contributed by atoms with Crippen LogP contribution in [-0.4, -0.2) is 17.0 Å². The Bertz CT molecular complexity index is 634. The van der Waals surface area contributed by atoms with Crippen LogP contribution in [0.15, 0.2) is 41.1 Å². The van der Waals surface area contributed by atoms with Gasteiger partial charge in [-0.1, -0.05) is 18.3 Å². The number of halogens is 2. The summed E-state index contributed by atoms with van der Waals surface area (Å²) in [4.78, 5) is 6.02. The van der Waals surface area contributed by atoms with Crippen LogP contribution in [0, 0.1) is 5.82 Å². The number of rotatable bonds is 4. The van der Waals surface area contributed by atoms with E-state index in [4.69, 9.17) is 18.0 Å². The molecule has 0 saturated carbocycles. The molecule has 0 bridgehead atoms. The van der Waals surface area contributed by atoms with E-state index in [1.54, 1.807) is 29.4 Å². The first-order chi connectivity index (χ1) is 9.50. The number of hydrogen-bond donors (Lipinski definition) is 1. The summed E-state index contributed by atoms with van der Waals surface area (Å²) in [5.74, 6) is -0.373. The van der Waals surface area contributed by atoms with Gasteiger partial charge in [0.05, 0.1) is 10.2 Å². The number of pyridine rings is 1. The van der Waals surface area contributed by atoms with E-state index < -0.39 is 0 Å². The van der Waals surface area contributed by atoms with Crippen LogP contribution in [-0.2, 0) is 6.54 Å². The third kappa shape index (κ3) is 3.13.